The van der Waals surface area contributed by atoms with Gasteiger partial charge in [0.1, 0.15) is 5.82 Å². The van der Waals surface area contributed by atoms with Crippen molar-refractivity contribution in [3.63, 3.8) is 0 Å². The maximum atomic E-state index is 13.8. The number of amides is 1. The van der Waals surface area contributed by atoms with E-state index < -0.39 is 0 Å². The number of nitrogens with zero attached hydrogens (tertiary/aromatic N) is 3. The average Bonchev–Trinajstić information content (AvgIpc) is 2.87. The fraction of sp³-hybridized carbons (Fsp3) is 0.483. The van der Waals surface area contributed by atoms with Crippen molar-refractivity contribution < 1.29 is 4.79 Å². The van der Waals surface area contributed by atoms with E-state index in [4.69, 9.17) is 4.98 Å². The van der Waals surface area contributed by atoms with Crippen molar-refractivity contribution in [1.29, 1.82) is 0 Å². The summed E-state index contributed by atoms with van der Waals surface area (Å²) in [5, 5.41) is 0.593. The number of benzene rings is 2. The molecule has 0 bridgehead atoms. The van der Waals surface area contributed by atoms with Crippen LogP contribution in [0.5, 0.6) is 0 Å². The van der Waals surface area contributed by atoms with Crippen molar-refractivity contribution in [2.75, 3.05) is 6.54 Å². The molecule has 1 atom stereocenters. The summed E-state index contributed by atoms with van der Waals surface area (Å²) in [6.07, 6.45) is 8.53. The first-order valence-electron chi connectivity index (χ1n) is 12.9. The van der Waals surface area contributed by atoms with Gasteiger partial charge in [0.2, 0.25) is 5.91 Å². The second-order valence-electron chi connectivity index (χ2n) is 9.71. The van der Waals surface area contributed by atoms with Gasteiger partial charge in [0.15, 0.2) is 0 Å². The number of hydrogen-bond acceptors (Lipinski definition) is 3. The molecule has 0 N–H and O–H groups in total. The standard InChI is InChI=1S/C29H37N3O2/c1-4-5-11-20-31(28(33)23-12-7-6-8-13-23)22(3)27-30-26-15-10-9-14-25(26)29(34)32(27)24-18-16-21(2)17-19-24/h9-10,14-19,22-23H,4-8,11-13,20H2,1-3H3. The first-order valence-corrected chi connectivity index (χ1v) is 12.9. The van der Waals surface area contributed by atoms with Crippen molar-refractivity contribution in [3.8, 4) is 5.69 Å². The highest BCUT2D eigenvalue weighted by atomic mass is 16.2. The Bertz CT molecular complexity index is 1180. The zero-order valence-electron chi connectivity index (χ0n) is 20.8. The number of carbonyl (C=O) groups excluding carboxylic acids is 1. The Morgan fingerprint density at radius 1 is 1.06 bits per heavy atom. The second-order valence-corrected chi connectivity index (χ2v) is 9.71. The van der Waals surface area contributed by atoms with Gasteiger partial charge in [-0.1, -0.05) is 68.9 Å². The Morgan fingerprint density at radius 3 is 2.47 bits per heavy atom. The third kappa shape index (κ3) is 5.08. The minimum atomic E-state index is -0.301. The van der Waals surface area contributed by atoms with Gasteiger partial charge < -0.3 is 4.90 Å². The molecule has 1 aromatic heterocycles. The van der Waals surface area contributed by atoms with E-state index in [1.807, 2.05) is 67.3 Å². The SMILES string of the molecule is CCCCCN(C(=O)C1CCCCC1)C(C)c1nc2ccccc2c(=O)n1-c1ccc(C)cc1. The molecule has 2 aromatic carbocycles. The van der Waals surface area contributed by atoms with E-state index in [0.29, 0.717) is 23.3 Å². The van der Waals surface area contributed by atoms with Crippen molar-refractivity contribution >= 4 is 16.8 Å². The lowest BCUT2D eigenvalue weighted by atomic mass is 9.88. The van der Waals surface area contributed by atoms with E-state index in [0.717, 1.165) is 56.2 Å². The van der Waals surface area contributed by atoms with E-state index in [1.165, 1.54) is 6.42 Å². The molecule has 1 aliphatic carbocycles. The van der Waals surface area contributed by atoms with Gasteiger partial charge in [0.05, 0.1) is 22.6 Å². The van der Waals surface area contributed by atoms with Gasteiger partial charge in [-0.2, -0.15) is 0 Å². The lowest BCUT2D eigenvalue weighted by Gasteiger charge is -2.34. The molecule has 0 saturated heterocycles. The van der Waals surface area contributed by atoms with E-state index in [-0.39, 0.29) is 23.4 Å². The van der Waals surface area contributed by atoms with Gasteiger partial charge in [-0.25, -0.2) is 4.98 Å². The van der Waals surface area contributed by atoms with Gasteiger partial charge >= 0.3 is 0 Å². The maximum absolute atomic E-state index is 13.8. The monoisotopic (exact) mass is 459 g/mol. The zero-order valence-corrected chi connectivity index (χ0v) is 20.8. The molecule has 1 unspecified atom stereocenters. The summed E-state index contributed by atoms with van der Waals surface area (Å²) < 4.78 is 1.72. The summed E-state index contributed by atoms with van der Waals surface area (Å²) in [4.78, 5) is 34.5. The van der Waals surface area contributed by atoms with Gasteiger partial charge in [-0.15, -0.1) is 0 Å². The molecule has 1 amide bonds. The van der Waals surface area contributed by atoms with Crippen molar-refractivity contribution in [2.24, 2.45) is 5.92 Å². The topological polar surface area (TPSA) is 55.2 Å². The minimum absolute atomic E-state index is 0.0813. The van der Waals surface area contributed by atoms with Crippen LogP contribution in [0.1, 0.15) is 82.6 Å². The highest BCUT2D eigenvalue weighted by molar-refractivity contribution is 5.80. The fourth-order valence-electron chi connectivity index (χ4n) is 5.12. The summed E-state index contributed by atoms with van der Waals surface area (Å²) in [5.41, 5.74) is 2.51. The fourth-order valence-corrected chi connectivity index (χ4v) is 5.12. The lowest BCUT2D eigenvalue weighted by molar-refractivity contribution is -0.139. The smallest absolute Gasteiger partial charge is 0.266 e. The number of unbranched alkanes of at least 4 members (excludes halogenated alkanes) is 2. The van der Waals surface area contributed by atoms with Crippen LogP contribution >= 0.6 is 0 Å². The van der Waals surface area contributed by atoms with E-state index in [1.54, 1.807) is 4.57 Å². The molecule has 1 heterocycles. The molecule has 0 aliphatic heterocycles. The predicted molar refractivity (Wildman–Crippen MR) is 138 cm³/mol. The Morgan fingerprint density at radius 2 is 1.76 bits per heavy atom. The van der Waals surface area contributed by atoms with Crippen LogP contribution in [0.15, 0.2) is 53.3 Å². The van der Waals surface area contributed by atoms with Gasteiger partial charge in [0, 0.05) is 12.5 Å². The first-order chi connectivity index (χ1) is 16.5. The summed E-state index contributed by atoms with van der Waals surface area (Å²) in [5.74, 6) is 0.937. The third-order valence-corrected chi connectivity index (χ3v) is 7.18. The molecular formula is C29H37N3O2. The van der Waals surface area contributed by atoms with Crippen LogP contribution in [-0.4, -0.2) is 26.9 Å². The van der Waals surface area contributed by atoms with Gasteiger partial charge in [-0.3, -0.25) is 14.2 Å². The van der Waals surface area contributed by atoms with Gasteiger partial charge in [-0.05, 0) is 57.4 Å². The Balaban J connectivity index is 1.82. The Labute approximate surface area is 202 Å². The summed E-state index contributed by atoms with van der Waals surface area (Å²) in [6.45, 7) is 6.94. The number of rotatable bonds is 8. The van der Waals surface area contributed by atoms with E-state index in [2.05, 4.69) is 6.92 Å². The Kier molecular flexibility index (Phi) is 7.81. The lowest BCUT2D eigenvalue weighted by Crippen LogP contribution is -2.41. The molecule has 3 aromatic rings. The van der Waals surface area contributed by atoms with Crippen LogP contribution < -0.4 is 5.56 Å². The third-order valence-electron chi connectivity index (χ3n) is 7.18. The molecule has 5 heteroatoms. The number of aryl methyl sites for hydroxylation is 1. The summed E-state index contributed by atoms with van der Waals surface area (Å²) in [6, 6.07) is 15.2. The van der Waals surface area contributed by atoms with Crippen LogP contribution in [0.4, 0.5) is 0 Å². The normalized spacial score (nSPS) is 15.4. The number of carbonyl (C=O) groups is 1. The number of para-hydroxylation sites is 1. The number of aromatic nitrogens is 2. The highest BCUT2D eigenvalue weighted by Gasteiger charge is 2.31. The molecule has 0 radical (unpaired) electrons. The molecule has 34 heavy (non-hydrogen) atoms. The quantitative estimate of drug-likeness (QED) is 0.369. The zero-order chi connectivity index (χ0) is 24.1. The van der Waals surface area contributed by atoms with Crippen LogP contribution in [0.25, 0.3) is 16.6 Å². The summed E-state index contributed by atoms with van der Waals surface area (Å²) in [7, 11) is 0. The van der Waals surface area contributed by atoms with Crippen LogP contribution in [0, 0.1) is 12.8 Å². The Hall–Kier alpha value is -2.95. The van der Waals surface area contributed by atoms with E-state index in [9.17, 15) is 9.59 Å². The van der Waals surface area contributed by atoms with Crippen LogP contribution in [-0.2, 0) is 4.79 Å². The molecule has 4 rings (SSSR count). The first kappa shape index (κ1) is 24.2. The van der Waals surface area contributed by atoms with Gasteiger partial charge in [0.25, 0.3) is 5.56 Å². The van der Waals surface area contributed by atoms with Crippen molar-refractivity contribution in [3.05, 3.63) is 70.3 Å². The molecule has 1 aliphatic rings. The largest absolute Gasteiger partial charge is 0.333 e. The second kappa shape index (κ2) is 11.0. The molecule has 5 nitrogen and oxygen atoms in total. The van der Waals surface area contributed by atoms with Crippen molar-refractivity contribution in [1.82, 2.24) is 14.5 Å². The van der Waals surface area contributed by atoms with E-state index >= 15 is 0 Å². The highest BCUT2D eigenvalue weighted by Crippen LogP contribution is 2.30. The molecular weight excluding hydrogens is 422 g/mol. The van der Waals surface area contributed by atoms with Crippen LogP contribution in [0.2, 0.25) is 0 Å². The predicted octanol–water partition coefficient (Wildman–Crippen LogP) is 6.35. The molecule has 1 fully saturated rings. The molecule has 1 saturated carbocycles. The maximum Gasteiger partial charge on any atom is 0.266 e. The number of hydrogen-bond donors (Lipinski definition) is 0. The summed E-state index contributed by atoms with van der Waals surface area (Å²) >= 11 is 0. The molecule has 0 spiro atoms. The van der Waals surface area contributed by atoms with Crippen LogP contribution in [0.3, 0.4) is 0 Å². The molecule has 180 valence electrons. The van der Waals surface area contributed by atoms with Crippen molar-refractivity contribution in [2.45, 2.75) is 78.2 Å². The minimum Gasteiger partial charge on any atom is -0.333 e. The average molecular weight is 460 g/mol. The number of fused-ring (bicyclic) bond motifs is 1.